The molecule has 1 atom stereocenters. The molecule has 228 valence electrons. The molecule has 12 nitrogen and oxygen atoms in total. The Hall–Kier alpha value is -5.65. The van der Waals surface area contributed by atoms with Gasteiger partial charge in [0.25, 0.3) is 0 Å². The number of hydrogen-bond acceptors (Lipinski definition) is 8. The molecule has 0 aliphatic rings. The predicted molar refractivity (Wildman–Crippen MR) is 162 cm³/mol. The number of aryl methyl sites for hydroxylation is 1. The fraction of sp³-hybridized carbons (Fsp3) is 0.219. The number of anilines is 1. The van der Waals surface area contributed by atoms with Gasteiger partial charge < -0.3 is 30.5 Å². The highest BCUT2D eigenvalue weighted by atomic mass is 16.6. The number of carbonyl (C=O) groups excluding carboxylic acids is 2. The zero-order chi connectivity index (χ0) is 31.3. The number of carboxylic acids is 1. The molecule has 0 saturated carbocycles. The van der Waals surface area contributed by atoms with Crippen LogP contribution in [0.3, 0.4) is 0 Å². The van der Waals surface area contributed by atoms with Gasteiger partial charge in [-0.25, -0.2) is 14.4 Å². The fourth-order valence-corrected chi connectivity index (χ4v) is 4.22. The van der Waals surface area contributed by atoms with Gasteiger partial charge in [0.1, 0.15) is 18.2 Å². The first-order valence-corrected chi connectivity index (χ1v) is 13.8. The van der Waals surface area contributed by atoms with E-state index in [0.29, 0.717) is 30.2 Å². The maximum atomic E-state index is 12.8. The third-order valence-corrected chi connectivity index (χ3v) is 6.42. The highest BCUT2D eigenvalue weighted by Gasteiger charge is 2.19. The molecule has 12 heteroatoms. The summed E-state index contributed by atoms with van der Waals surface area (Å²) in [5.41, 5.74) is 2.62. The minimum atomic E-state index is -1.14. The second kappa shape index (κ2) is 15.5. The lowest BCUT2D eigenvalue weighted by Gasteiger charge is -2.19. The molecule has 0 aliphatic heterocycles. The number of nitrogens with zero attached hydrogens (tertiary/aromatic N) is 2. The summed E-state index contributed by atoms with van der Waals surface area (Å²) < 4.78 is 11.8. The average molecular weight is 600 g/mol. The Morgan fingerprint density at radius 2 is 1.50 bits per heavy atom. The van der Waals surface area contributed by atoms with E-state index < -0.39 is 36.3 Å². The second-order valence-corrected chi connectivity index (χ2v) is 9.93. The quantitative estimate of drug-likeness (QED) is 0.176. The summed E-state index contributed by atoms with van der Waals surface area (Å²) in [4.78, 5) is 52.7. The molecule has 4 N–H and O–H groups in total. The van der Waals surface area contributed by atoms with Crippen LogP contribution in [0.25, 0.3) is 0 Å². The number of amides is 2. The lowest BCUT2D eigenvalue weighted by Crippen LogP contribution is -2.42. The molecule has 0 bridgehead atoms. The van der Waals surface area contributed by atoms with Gasteiger partial charge >= 0.3 is 23.8 Å². The first kappa shape index (κ1) is 31.3. The zero-order valence-corrected chi connectivity index (χ0v) is 24.1. The van der Waals surface area contributed by atoms with Gasteiger partial charge in [-0.1, -0.05) is 72.8 Å². The number of rotatable bonds is 13. The van der Waals surface area contributed by atoms with Gasteiger partial charge in [0.05, 0.1) is 12.5 Å². The fourth-order valence-electron chi connectivity index (χ4n) is 4.22. The molecule has 0 saturated heterocycles. The molecule has 1 aromatic heterocycles. The van der Waals surface area contributed by atoms with Gasteiger partial charge in [-0.3, -0.25) is 9.36 Å². The van der Waals surface area contributed by atoms with Crippen LogP contribution in [0.4, 0.5) is 15.4 Å². The van der Waals surface area contributed by atoms with E-state index in [0.717, 1.165) is 16.7 Å². The number of nitrogens with one attached hydrogen (secondary N) is 3. The van der Waals surface area contributed by atoms with Crippen LogP contribution in [0, 0.1) is 6.92 Å². The molecule has 3 aromatic carbocycles. The smallest absolute Gasteiger partial charge is 0.412 e. The zero-order valence-electron chi connectivity index (χ0n) is 24.1. The van der Waals surface area contributed by atoms with Crippen LogP contribution in [0.5, 0.6) is 5.75 Å². The van der Waals surface area contributed by atoms with Crippen molar-refractivity contribution in [3.8, 4) is 5.75 Å². The molecular weight excluding hydrogens is 566 g/mol. The van der Waals surface area contributed by atoms with Crippen LogP contribution < -0.4 is 26.4 Å². The molecule has 0 radical (unpaired) electrons. The number of aliphatic carboxylic acids is 1. The van der Waals surface area contributed by atoms with Crippen molar-refractivity contribution in [2.45, 2.75) is 45.6 Å². The molecular formula is C32H33N5O7. The summed E-state index contributed by atoms with van der Waals surface area (Å²) in [5.74, 6) is -0.403. The summed E-state index contributed by atoms with van der Waals surface area (Å²) >= 11 is 0. The maximum Gasteiger partial charge on any atom is 0.412 e. The summed E-state index contributed by atoms with van der Waals surface area (Å²) in [6, 6.07) is 24.5. The van der Waals surface area contributed by atoms with E-state index in [1.54, 1.807) is 49.5 Å². The second-order valence-electron chi connectivity index (χ2n) is 9.93. The standard InChI is InChI=1S/C32H33N5O7/c1-22-19-37(20-26(16-28(38)39)35-32(42)43-21-25-10-6-3-7-11-25)30(40)36-29(22)33-17-24-12-14-27(15-13-24)44-31(41)34-18-23-8-4-2-5-9-23/h2-15,19,26H,16-18,20-21H2,1H3,(H,34,41)(H,35,42)(H,38,39)(H,33,36,40)/t26-/m1/s1. The Bertz CT molecular complexity index is 1610. The van der Waals surface area contributed by atoms with Crippen molar-refractivity contribution in [1.29, 1.82) is 0 Å². The lowest BCUT2D eigenvalue weighted by molar-refractivity contribution is -0.137. The Morgan fingerprint density at radius 1 is 0.864 bits per heavy atom. The maximum absolute atomic E-state index is 12.8. The minimum absolute atomic E-state index is 0.0211. The van der Waals surface area contributed by atoms with E-state index in [9.17, 15) is 24.3 Å². The van der Waals surface area contributed by atoms with Gasteiger partial charge in [0, 0.05) is 31.4 Å². The number of aromatic nitrogens is 2. The van der Waals surface area contributed by atoms with E-state index >= 15 is 0 Å². The molecule has 44 heavy (non-hydrogen) atoms. The molecule has 4 aromatic rings. The van der Waals surface area contributed by atoms with Crippen LogP contribution >= 0.6 is 0 Å². The molecule has 0 aliphatic carbocycles. The largest absolute Gasteiger partial charge is 0.481 e. The molecule has 4 rings (SSSR count). The monoisotopic (exact) mass is 599 g/mol. The van der Waals surface area contributed by atoms with Crippen molar-refractivity contribution in [2.24, 2.45) is 0 Å². The van der Waals surface area contributed by atoms with Crippen molar-refractivity contribution in [3.05, 3.63) is 124 Å². The van der Waals surface area contributed by atoms with Crippen molar-refractivity contribution < 1.29 is 29.0 Å². The number of ether oxygens (including phenoxy) is 2. The third-order valence-electron chi connectivity index (χ3n) is 6.42. The van der Waals surface area contributed by atoms with Gasteiger partial charge in [-0.05, 0) is 35.7 Å². The first-order valence-electron chi connectivity index (χ1n) is 13.8. The Kier molecular flexibility index (Phi) is 11.1. The molecule has 0 fully saturated rings. The summed E-state index contributed by atoms with van der Waals surface area (Å²) in [7, 11) is 0. The summed E-state index contributed by atoms with van der Waals surface area (Å²) in [5, 5.41) is 17.7. The van der Waals surface area contributed by atoms with Crippen LogP contribution in [0.15, 0.2) is 95.9 Å². The normalized spacial score (nSPS) is 11.2. The van der Waals surface area contributed by atoms with Crippen molar-refractivity contribution in [2.75, 3.05) is 5.32 Å². The number of benzene rings is 3. The van der Waals surface area contributed by atoms with Gasteiger partial charge in [0.2, 0.25) is 0 Å². The highest BCUT2D eigenvalue weighted by Crippen LogP contribution is 2.15. The lowest BCUT2D eigenvalue weighted by atomic mass is 10.2. The van der Waals surface area contributed by atoms with Crippen LogP contribution in [0.2, 0.25) is 0 Å². The summed E-state index contributed by atoms with van der Waals surface area (Å²) in [6.45, 7) is 2.36. The topological polar surface area (TPSA) is 161 Å². The van der Waals surface area contributed by atoms with E-state index in [4.69, 9.17) is 9.47 Å². The van der Waals surface area contributed by atoms with Gasteiger partial charge in [0.15, 0.2) is 0 Å². The SMILES string of the molecule is Cc1cn(C[C@@H](CC(=O)O)NC(=O)OCc2ccccc2)c(=O)nc1NCc1ccc(OC(=O)NCc2ccccc2)cc1. The van der Waals surface area contributed by atoms with E-state index in [1.165, 1.54) is 4.57 Å². The number of alkyl carbamates (subject to hydrolysis) is 1. The summed E-state index contributed by atoms with van der Waals surface area (Å²) in [6.07, 6.45) is -0.222. The Labute approximate surface area is 253 Å². The van der Waals surface area contributed by atoms with Crippen LogP contribution in [-0.2, 0) is 35.8 Å². The van der Waals surface area contributed by atoms with Crippen molar-refractivity contribution >= 4 is 24.0 Å². The minimum Gasteiger partial charge on any atom is -0.481 e. The average Bonchev–Trinajstić information content (AvgIpc) is 3.01. The van der Waals surface area contributed by atoms with E-state index in [1.807, 2.05) is 48.5 Å². The molecule has 0 unspecified atom stereocenters. The van der Waals surface area contributed by atoms with Gasteiger partial charge in [-0.2, -0.15) is 4.98 Å². The predicted octanol–water partition coefficient (Wildman–Crippen LogP) is 4.22. The number of carbonyl (C=O) groups is 3. The molecule has 2 amide bonds. The first-order chi connectivity index (χ1) is 21.2. The molecule has 0 spiro atoms. The van der Waals surface area contributed by atoms with Crippen LogP contribution in [-0.4, -0.2) is 38.9 Å². The van der Waals surface area contributed by atoms with Crippen LogP contribution in [0.1, 0.15) is 28.7 Å². The third kappa shape index (κ3) is 10.0. The van der Waals surface area contributed by atoms with Crippen molar-refractivity contribution in [1.82, 2.24) is 20.2 Å². The number of carboxylic acid groups (broad SMARTS) is 1. The number of hydrogen-bond donors (Lipinski definition) is 4. The van der Waals surface area contributed by atoms with E-state index in [-0.39, 0.29) is 13.2 Å². The Balaban J connectivity index is 1.29. The van der Waals surface area contributed by atoms with E-state index in [2.05, 4.69) is 20.9 Å². The van der Waals surface area contributed by atoms with Gasteiger partial charge in [-0.15, -0.1) is 0 Å². The highest BCUT2D eigenvalue weighted by molar-refractivity contribution is 5.71. The molecule has 1 heterocycles. The van der Waals surface area contributed by atoms with Crippen molar-refractivity contribution in [3.63, 3.8) is 0 Å². The Morgan fingerprint density at radius 3 is 2.16 bits per heavy atom.